The number of ether oxygens (including phenoxy) is 2. The molecule has 0 aliphatic heterocycles. The van der Waals surface area contributed by atoms with Gasteiger partial charge in [0.1, 0.15) is 6.61 Å². The molecule has 160 valence electrons. The molecule has 29 heavy (non-hydrogen) atoms. The lowest BCUT2D eigenvalue weighted by Gasteiger charge is -2.18. The van der Waals surface area contributed by atoms with Crippen LogP contribution in [0.1, 0.15) is 43.9 Å². The van der Waals surface area contributed by atoms with Crippen LogP contribution < -0.4 is 14.8 Å². The molecular formula is C24H35ClN2O2. The second kappa shape index (κ2) is 12.7. The fraction of sp³-hybridized carbons (Fsp3) is 0.500. The van der Waals surface area contributed by atoms with Crippen LogP contribution in [-0.2, 0) is 13.2 Å². The maximum atomic E-state index is 6.53. The highest BCUT2D eigenvalue weighted by molar-refractivity contribution is 6.31. The van der Waals surface area contributed by atoms with Crippen LogP contribution in [0.25, 0.3) is 0 Å². The summed E-state index contributed by atoms with van der Waals surface area (Å²) in [6.45, 7) is 14.5. The van der Waals surface area contributed by atoms with E-state index in [-0.39, 0.29) is 0 Å². The van der Waals surface area contributed by atoms with E-state index in [4.69, 9.17) is 21.1 Å². The van der Waals surface area contributed by atoms with Crippen molar-refractivity contribution in [3.63, 3.8) is 0 Å². The smallest absolute Gasteiger partial charge is 0.163 e. The van der Waals surface area contributed by atoms with E-state index in [2.05, 4.69) is 49.2 Å². The minimum absolute atomic E-state index is 0.487. The van der Waals surface area contributed by atoms with Crippen molar-refractivity contribution in [3.05, 3.63) is 58.1 Å². The number of benzene rings is 2. The molecule has 0 spiro atoms. The monoisotopic (exact) mass is 418 g/mol. The molecule has 0 aliphatic carbocycles. The molecule has 0 saturated heterocycles. The third-order valence-corrected chi connectivity index (χ3v) is 5.28. The summed E-state index contributed by atoms with van der Waals surface area (Å²) in [5.41, 5.74) is 3.37. The molecule has 0 fully saturated rings. The number of nitrogens with one attached hydrogen (secondary N) is 1. The zero-order chi connectivity index (χ0) is 21.1. The van der Waals surface area contributed by atoms with Crippen molar-refractivity contribution in [2.45, 2.75) is 47.3 Å². The number of hydrogen-bond donors (Lipinski definition) is 1. The number of halogens is 1. The average Bonchev–Trinajstić information content (AvgIpc) is 2.71. The van der Waals surface area contributed by atoms with Crippen LogP contribution in [0, 0.1) is 6.92 Å². The highest BCUT2D eigenvalue weighted by Crippen LogP contribution is 2.34. The minimum atomic E-state index is 0.487. The first-order valence-corrected chi connectivity index (χ1v) is 11.0. The SMILES string of the molecule is CCOc1cc(CNCCCN(CC)CC)c(Cl)cc1OCc1cccc(C)c1. The summed E-state index contributed by atoms with van der Waals surface area (Å²) in [6, 6.07) is 12.2. The van der Waals surface area contributed by atoms with E-state index in [1.54, 1.807) is 0 Å². The van der Waals surface area contributed by atoms with Gasteiger partial charge in [-0.2, -0.15) is 0 Å². The molecule has 5 heteroatoms. The van der Waals surface area contributed by atoms with E-state index >= 15 is 0 Å². The molecule has 4 nitrogen and oxygen atoms in total. The molecule has 0 bridgehead atoms. The standard InChI is InChI=1S/C24H35ClN2O2/c1-5-27(6-2)13-9-12-26-17-21-15-23(28-7-3)24(16-22(21)25)29-18-20-11-8-10-19(4)14-20/h8,10-11,14-16,26H,5-7,9,12-13,17-18H2,1-4H3. The van der Waals surface area contributed by atoms with E-state index < -0.39 is 0 Å². The molecular weight excluding hydrogens is 384 g/mol. The van der Waals surface area contributed by atoms with Crippen LogP contribution in [0.15, 0.2) is 36.4 Å². The van der Waals surface area contributed by atoms with Crippen LogP contribution >= 0.6 is 11.6 Å². The Morgan fingerprint density at radius 1 is 1.00 bits per heavy atom. The molecule has 0 radical (unpaired) electrons. The van der Waals surface area contributed by atoms with Crippen LogP contribution in [0.5, 0.6) is 11.5 Å². The van der Waals surface area contributed by atoms with Gasteiger partial charge in [-0.25, -0.2) is 0 Å². The Kier molecular flexibility index (Phi) is 10.3. The predicted octanol–water partition coefficient (Wildman–Crippen LogP) is 5.45. The Balaban J connectivity index is 1.95. The summed E-state index contributed by atoms with van der Waals surface area (Å²) in [4.78, 5) is 2.43. The molecule has 0 saturated carbocycles. The lowest BCUT2D eigenvalue weighted by Crippen LogP contribution is -2.27. The summed E-state index contributed by atoms with van der Waals surface area (Å²) < 4.78 is 11.8. The van der Waals surface area contributed by atoms with E-state index in [1.807, 2.05) is 25.1 Å². The molecule has 2 rings (SSSR count). The molecule has 0 heterocycles. The van der Waals surface area contributed by atoms with Gasteiger partial charge in [0.05, 0.1) is 6.61 Å². The molecule has 0 aromatic heterocycles. The maximum Gasteiger partial charge on any atom is 0.163 e. The normalized spacial score (nSPS) is 11.1. The first-order valence-electron chi connectivity index (χ1n) is 10.6. The largest absolute Gasteiger partial charge is 0.490 e. The van der Waals surface area contributed by atoms with Gasteiger partial charge in [-0.05, 0) is 63.6 Å². The van der Waals surface area contributed by atoms with Crippen molar-refractivity contribution in [2.75, 3.05) is 32.8 Å². The quantitative estimate of drug-likeness (QED) is 0.438. The van der Waals surface area contributed by atoms with Crippen molar-refractivity contribution >= 4 is 11.6 Å². The van der Waals surface area contributed by atoms with E-state index in [0.717, 1.165) is 56.0 Å². The third-order valence-electron chi connectivity index (χ3n) is 4.93. The maximum absolute atomic E-state index is 6.53. The number of aryl methyl sites for hydroxylation is 1. The highest BCUT2D eigenvalue weighted by Gasteiger charge is 2.12. The number of rotatable bonds is 13. The zero-order valence-corrected chi connectivity index (χ0v) is 19.0. The van der Waals surface area contributed by atoms with Gasteiger partial charge < -0.3 is 19.7 Å². The fourth-order valence-corrected chi connectivity index (χ4v) is 3.47. The molecule has 1 N–H and O–H groups in total. The summed E-state index contributed by atoms with van der Waals surface area (Å²) in [6.07, 6.45) is 1.12. The second-order valence-corrected chi connectivity index (χ2v) is 7.57. The van der Waals surface area contributed by atoms with Crippen LogP contribution in [0.3, 0.4) is 0 Å². The van der Waals surface area contributed by atoms with Crippen LogP contribution in [0.2, 0.25) is 5.02 Å². The first kappa shape index (κ1) is 23.5. The Labute approximate surface area is 181 Å². The third kappa shape index (κ3) is 7.88. The lowest BCUT2D eigenvalue weighted by molar-refractivity contribution is 0.269. The van der Waals surface area contributed by atoms with Gasteiger partial charge in [0, 0.05) is 17.6 Å². The second-order valence-electron chi connectivity index (χ2n) is 7.16. The number of hydrogen-bond acceptors (Lipinski definition) is 4. The predicted molar refractivity (Wildman–Crippen MR) is 122 cm³/mol. The molecule has 2 aromatic rings. The molecule has 0 aliphatic rings. The van der Waals surface area contributed by atoms with E-state index in [0.29, 0.717) is 24.0 Å². The lowest BCUT2D eigenvalue weighted by atomic mass is 10.1. The Hall–Kier alpha value is -1.75. The van der Waals surface area contributed by atoms with E-state index in [9.17, 15) is 0 Å². The van der Waals surface area contributed by atoms with Crippen molar-refractivity contribution < 1.29 is 9.47 Å². The topological polar surface area (TPSA) is 33.7 Å². The van der Waals surface area contributed by atoms with E-state index in [1.165, 1.54) is 5.56 Å². The Morgan fingerprint density at radius 2 is 1.76 bits per heavy atom. The molecule has 2 aromatic carbocycles. The summed E-state index contributed by atoms with van der Waals surface area (Å²) in [5, 5.41) is 4.19. The highest BCUT2D eigenvalue weighted by atomic mass is 35.5. The average molecular weight is 419 g/mol. The molecule has 0 unspecified atom stereocenters. The van der Waals surface area contributed by atoms with Crippen molar-refractivity contribution in [2.24, 2.45) is 0 Å². The summed E-state index contributed by atoms with van der Waals surface area (Å²) >= 11 is 6.53. The van der Waals surface area contributed by atoms with Gasteiger partial charge in [0.15, 0.2) is 11.5 Å². The molecule has 0 atom stereocenters. The van der Waals surface area contributed by atoms with Gasteiger partial charge >= 0.3 is 0 Å². The van der Waals surface area contributed by atoms with Gasteiger partial charge in [0.2, 0.25) is 0 Å². The van der Waals surface area contributed by atoms with Crippen molar-refractivity contribution in [3.8, 4) is 11.5 Å². The number of nitrogens with zero attached hydrogens (tertiary/aromatic N) is 1. The van der Waals surface area contributed by atoms with Gasteiger partial charge in [-0.15, -0.1) is 0 Å². The van der Waals surface area contributed by atoms with Crippen LogP contribution in [0.4, 0.5) is 0 Å². The minimum Gasteiger partial charge on any atom is -0.490 e. The van der Waals surface area contributed by atoms with Gasteiger partial charge in [0.25, 0.3) is 0 Å². The fourth-order valence-electron chi connectivity index (χ4n) is 3.25. The summed E-state index contributed by atoms with van der Waals surface area (Å²) in [5.74, 6) is 1.42. The Morgan fingerprint density at radius 3 is 2.45 bits per heavy atom. The van der Waals surface area contributed by atoms with Crippen molar-refractivity contribution in [1.82, 2.24) is 10.2 Å². The van der Waals surface area contributed by atoms with Crippen LogP contribution in [-0.4, -0.2) is 37.7 Å². The molecule has 0 amide bonds. The van der Waals surface area contributed by atoms with Crippen molar-refractivity contribution in [1.29, 1.82) is 0 Å². The van der Waals surface area contributed by atoms with Gasteiger partial charge in [-0.3, -0.25) is 0 Å². The Bertz CT molecular complexity index is 748. The summed E-state index contributed by atoms with van der Waals surface area (Å²) in [7, 11) is 0. The van der Waals surface area contributed by atoms with Gasteiger partial charge in [-0.1, -0.05) is 55.3 Å². The first-order chi connectivity index (χ1) is 14.1. The zero-order valence-electron chi connectivity index (χ0n) is 18.3.